The molecule has 0 N–H and O–H groups in total. The molecule has 0 heterocycles. The molecule has 1 rings (SSSR count). The summed E-state index contributed by atoms with van der Waals surface area (Å²) in [6, 6.07) is 3.65. The Morgan fingerprint density at radius 3 is 2.00 bits per heavy atom. The average molecular weight is 142 g/mol. The van der Waals surface area contributed by atoms with E-state index in [-0.39, 0.29) is 5.69 Å². The minimum Gasteiger partial charge on any atom is -0.283 e. The fourth-order valence-corrected chi connectivity index (χ4v) is 0.703. The summed E-state index contributed by atoms with van der Waals surface area (Å²) in [5.41, 5.74) is -0.206. The third-order valence-corrected chi connectivity index (χ3v) is 1.16. The van der Waals surface area contributed by atoms with Crippen LogP contribution in [0.5, 0.6) is 0 Å². The van der Waals surface area contributed by atoms with Crippen LogP contribution in [0.15, 0.2) is 18.2 Å². The molecule has 3 heteroatoms. The van der Waals surface area contributed by atoms with E-state index < -0.39 is 11.6 Å². The predicted octanol–water partition coefficient (Wildman–Crippen LogP) is 1.83. The summed E-state index contributed by atoms with van der Waals surface area (Å²) in [4.78, 5) is 0. The molecule has 0 aliphatic rings. The number of hydrogen-bond acceptors (Lipinski definition) is 0. The van der Waals surface area contributed by atoms with Crippen LogP contribution in [0.1, 0.15) is 0 Å². The zero-order valence-electron chi connectivity index (χ0n) is 5.44. The van der Waals surface area contributed by atoms with Crippen molar-refractivity contribution in [2.24, 2.45) is 0 Å². The summed E-state index contributed by atoms with van der Waals surface area (Å²) in [6.45, 7) is 0. The van der Waals surface area contributed by atoms with Gasteiger partial charge in [-0.2, -0.15) is 0 Å². The van der Waals surface area contributed by atoms with Crippen molar-refractivity contribution in [1.82, 2.24) is 5.32 Å². The number of para-hydroxylation sites is 1. The van der Waals surface area contributed by atoms with Gasteiger partial charge in [0.15, 0.2) is 11.6 Å². The third kappa shape index (κ3) is 1.07. The fourth-order valence-electron chi connectivity index (χ4n) is 0.703. The fraction of sp³-hybridized carbons (Fsp3) is 0.143. The number of nitrogens with zero attached hydrogens (tertiary/aromatic N) is 1. The van der Waals surface area contributed by atoms with Gasteiger partial charge in [-0.25, -0.2) is 8.78 Å². The Kier molecular flexibility index (Phi) is 1.85. The molecule has 0 aliphatic heterocycles. The molecular formula is C7H6F2N. The topological polar surface area (TPSA) is 14.1 Å². The monoisotopic (exact) mass is 142 g/mol. The lowest BCUT2D eigenvalue weighted by molar-refractivity contribution is 0.576. The molecule has 10 heavy (non-hydrogen) atoms. The smallest absolute Gasteiger partial charge is 0.151 e. The van der Waals surface area contributed by atoms with Crippen LogP contribution in [-0.4, -0.2) is 7.05 Å². The van der Waals surface area contributed by atoms with Gasteiger partial charge in [0.2, 0.25) is 0 Å². The Morgan fingerprint density at radius 2 is 1.70 bits per heavy atom. The summed E-state index contributed by atoms with van der Waals surface area (Å²) < 4.78 is 25.0. The van der Waals surface area contributed by atoms with Crippen LogP contribution < -0.4 is 5.32 Å². The van der Waals surface area contributed by atoms with E-state index in [1.807, 2.05) is 0 Å². The molecule has 0 saturated heterocycles. The third-order valence-electron chi connectivity index (χ3n) is 1.16. The van der Waals surface area contributed by atoms with Gasteiger partial charge in [0.25, 0.3) is 0 Å². The van der Waals surface area contributed by atoms with Gasteiger partial charge in [-0.3, -0.25) is 5.32 Å². The first-order chi connectivity index (χ1) is 4.75. The Hall–Kier alpha value is -1.12. The van der Waals surface area contributed by atoms with E-state index in [0.717, 1.165) is 0 Å². The molecule has 53 valence electrons. The lowest BCUT2D eigenvalue weighted by Gasteiger charge is -1.98. The molecule has 1 nitrogen and oxygen atoms in total. The van der Waals surface area contributed by atoms with Crippen molar-refractivity contribution in [3.05, 3.63) is 29.8 Å². The van der Waals surface area contributed by atoms with Crippen molar-refractivity contribution < 1.29 is 8.78 Å². The van der Waals surface area contributed by atoms with E-state index in [1.165, 1.54) is 25.2 Å². The highest BCUT2D eigenvalue weighted by molar-refractivity contribution is 5.38. The summed E-state index contributed by atoms with van der Waals surface area (Å²) >= 11 is 0. The van der Waals surface area contributed by atoms with E-state index in [4.69, 9.17) is 0 Å². The average Bonchev–Trinajstić information content (AvgIpc) is 1.88. The molecule has 0 bridgehead atoms. The van der Waals surface area contributed by atoms with Gasteiger partial charge in [-0.1, -0.05) is 6.07 Å². The summed E-state index contributed by atoms with van der Waals surface area (Å²) in [5, 5.41) is 3.42. The molecule has 1 aromatic carbocycles. The minimum absolute atomic E-state index is 0.206. The standard InChI is InChI=1S/C7H6F2N/c1-10-7-5(8)3-2-4-6(7)9/h2-4H,1H3. The molecule has 1 radical (unpaired) electrons. The molecule has 0 spiro atoms. The molecule has 0 fully saturated rings. The first kappa shape index (κ1) is 6.99. The van der Waals surface area contributed by atoms with Crippen molar-refractivity contribution in [2.45, 2.75) is 0 Å². The van der Waals surface area contributed by atoms with Gasteiger partial charge < -0.3 is 0 Å². The van der Waals surface area contributed by atoms with Crippen LogP contribution >= 0.6 is 0 Å². The van der Waals surface area contributed by atoms with Gasteiger partial charge in [0.05, 0.1) is 0 Å². The van der Waals surface area contributed by atoms with Gasteiger partial charge in [-0.05, 0) is 12.1 Å². The predicted molar refractivity (Wildman–Crippen MR) is 34.1 cm³/mol. The quantitative estimate of drug-likeness (QED) is 0.568. The Labute approximate surface area is 57.7 Å². The summed E-state index contributed by atoms with van der Waals surface area (Å²) in [5.74, 6) is -1.25. The van der Waals surface area contributed by atoms with Crippen molar-refractivity contribution in [3.63, 3.8) is 0 Å². The molecule has 0 saturated carbocycles. The first-order valence-corrected chi connectivity index (χ1v) is 2.79. The number of halogens is 2. The van der Waals surface area contributed by atoms with E-state index in [9.17, 15) is 8.78 Å². The first-order valence-electron chi connectivity index (χ1n) is 2.79. The van der Waals surface area contributed by atoms with Crippen LogP contribution in [0.3, 0.4) is 0 Å². The maximum atomic E-state index is 12.5. The molecule has 0 aromatic heterocycles. The second-order valence-corrected chi connectivity index (χ2v) is 1.79. The molecule has 0 amide bonds. The zero-order valence-corrected chi connectivity index (χ0v) is 5.44. The highest BCUT2D eigenvalue weighted by Crippen LogP contribution is 2.16. The summed E-state index contributed by atoms with van der Waals surface area (Å²) in [6.07, 6.45) is 0. The maximum Gasteiger partial charge on any atom is 0.151 e. The molecular weight excluding hydrogens is 136 g/mol. The van der Waals surface area contributed by atoms with E-state index in [1.54, 1.807) is 0 Å². The van der Waals surface area contributed by atoms with Gasteiger partial charge in [0.1, 0.15) is 5.69 Å². The Balaban J connectivity index is 3.17. The van der Waals surface area contributed by atoms with E-state index in [2.05, 4.69) is 5.32 Å². The molecule has 0 atom stereocenters. The SMILES string of the molecule is C[N]c1c(F)cccc1F. The highest BCUT2D eigenvalue weighted by Gasteiger charge is 2.05. The Bertz CT molecular complexity index is 215. The zero-order chi connectivity index (χ0) is 7.56. The van der Waals surface area contributed by atoms with Crippen LogP contribution in [0, 0.1) is 11.6 Å². The van der Waals surface area contributed by atoms with Crippen LogP contribution in [-0.2, 0) is 0 Å². The minimum atomic E-state index is -0.623. The van der Waals surface area contributed by atoms with E-state index in [0.29, 0.717) is 0 Å². The van der Waals surface area contributed by atoms with Gasteiger partial charge in [0, 0.05) is 7.05 Å². The molecule has 0 aliphatic carbocycles. The number of hydrogen-bond donors (Lipinski definition) is 0. The number of benzene rings is 1. The Morgan fingerprint density at radius 1 is 1.20 bits per heavy atom. The van der Waals surface area contributed by atoms with Crippen molar-refractivity contribution in [1.29, 1.82) is 0 Å². The van der Waals surface area contributed by atoms with Gasteiger partial charge >= 0.3 is 0 Å². The maximum absolute atomic E-state index is 12.5. The van der Waals surface area contributed by atoms with Crippen molar-refractivity contribution in [2.75, 3.05) is 7.05 Å². The highest BCUT2D eigenvalue weighted by atomic mass is 19.1. The van der Waals surface area contributed by atoms with Crippen LogP contribution in [0.25, 0.3) is 0 Å². The van der Waals surface area contributed by atoms with E-state index >= 15 is 0 Å². The lowest BCUT2D eigenvalue weighted by Crippen LogP contribution is -1.94. The van der Waals surface area contributed by atoms with Crippen LogP contribution in [0.2, 0.25) is 0 Å². The number of rotatable bonds is 1. The lowest BCUT2D eigenvalue weighted by atomic mass is 10.3. The normalized spacial score (nSPS) is 9.50. The molecule has 0 unspecified atom stereocenters. The van der Waals surface area contributed by atoms with Crippen molar-refractivity contribution in [3.8, 4) is 0 Å². The molecule has 1 aromatic rings. The summed E-state index contributed by atoms with van der Waals surface area (Å²) in [7, 11) is 1.35. The largest absolute Gasteiger partial charge is 0.283 e. The second kappa shape index (κ2) is 2.64. The van der Waals surface area contributed by atoms with Gasteiger partial charge in [-0.15, -0.1) is 0 Å². The van der Waals surface area contributed by atoms with Crippen LogP contribution in [0.4, 0.5) is 14.5 Å². The van der Waals surface area contributed by atoms with Crippen molar-refractivity contribution >= 4 is 5.69 Å². The second-order valence-electron chi connectivity index (χ2n) is 1.79.